The van der Waals surface area contributed by atoms with Crippen LogP contribution in [0.15, 0.2) is 72.8 Å². The van der Waals surface area contributed by atoms with Crippen LogP contribution in [0.3, 0.4) is 0 Å². The van der Waals surface area contributed by atoms with E-state index in [0.29, 0.717) is 24.7 Å². The first-order valence-corrected chi connectivity index (χ1v) is 9.77. The topological polar surface area (TPSA) is 27.7 Å². The molecule has 29 heavy (non-hydrogen) atoms. The lowest BCUT2D eigenvalue weighted by atomic mass is 9.81. The maximum atomic E-state index is 13.0. The average molecular weight is 394 g/mol. The molecule has 0 spiro atoms. The Labute approximate surface area is 172 Å². The van der Waals surface area contributed by atoms with E-state index in [1.807, 2.05) is 36.4 Å². The van der Waals surface area contributed by atoms with Crippen molar-refractivity contribution in [3.8, 4) is 17.2 Å². The van der Waals surface area contributed by atoms with Gasteiger partial charge in [0.25, 0.3) is 0 Å². The maximum Gasteiger partial charge on any atom is 0.127 e. The van der Waals surface area contributed by atoms with E-state index in [1.165, 1.54) is 17.7 Å². The van der Waals surface area contributed by atoms with E-state index in [-0.39, 0.29) is 11.2 Å². The van der Waals surface area contributed by atoms with Gasteiger partial charge in [0.05, 0.1) is 20.3 Å². The largest absolute Gasteiger partial charge is 0.497 e. The molecule has 0 fully saturated rings. The Kier molecular flexibility index (Phi) is 6.89. The molecule has 0 amide bonds. The third-order valence-corrected chi connectivity index (χ3v) is 5.20. The molecular formula is C25H27FO3. The summed E-state index contributed by atoms with van der Waals surface area (Å²) in [5, 5.41) is 0. The van der Waals surface area contributed by atoms with Crippen molar-refractivity contribution >= 4 is 0 Å². The first-order valence-electron chi connectivity index (χ1n) is 9.77. The molecule has 0 aliphatic rings. The lowest BCUT2D eigenvalue weighted by Gasteiger charge is -2.29. The van der Waals surface area contributed by atoms with Gasteiger partial charge in [0, 0.05) is 5.41 Å². The average Bonchev–Trinajstić information content (AvgIpc) is 2.75. The molecule has 0 aromatic heterocycles. The third-order valence-electron chi connectivity index (χ3n) is 5.20. The number of rotatable bonds is 9. The minimum absolute atomic E-state index is 0.0749. The fourth-order valence-corrected chi connectivity index (χ4v) is 3.11. The van der Waals surface area contributed by atoms with Gasteiger partial charge in [-0.05, 0) is 66.1 Å². The monoisotopic (exact) mass is 394 g/mol. The van der Waals surface area contributed by atoms with Crippen molar-refractivity contribution in [3.63, 3.8) is 0 Å². The van der Waals surface area contributed by atoms with Gasteiger partial charge in [-0.25, -0.2) is 4.39 Å². The van der Waals surface area contributed by atoms with Crippen molar-refractivity contribution in [1.82, 2.24) is 0 Å². The highest BCUT2D eigenvalue weighted by Gasteiger charge is 2.25. The first kappa shape index (κ1) is 20.9. The highest BCUT2D eigenvalue weighted by atomic mass is 19.1. The zero-order valence-corrected chi connectivity index (χ0v) is 17.2. The molecule has 3 rings (SSSR count). The normalized spacial score (nSPS) is 13.0. The Balaban J connectivity index is 1.60. The van der Waals surface area contributed by atoms with Gasteiger partial charge in [0.2, 0.25) is 0 Å². The molecule has 4 heteroatoms. The predicted molar refractivity (Wildman–Crippen MR) is 113 cm³/mol. The van der Waals surface area contributed by atoms with Crippen molar-refractivity contribution in [2.45, 2.75) is 32.3 Å². The van der Waals surface area contributed by atoms with Gasteiger partial charge in [-0.3, -0.25) is 0 Å². The molecule has 3 aromatic carbocycles. The zero-order valence-electron chi connectivity index (χ0n) is 17.2. The second-order valence-electron chi connectivity index (χ2n) is 7.34. The standard InChI is InChI=1S/C25H27FO3/c1-4-25(2,20-8-12-22(27-3)13-9-20)18-28-17-19-6-5-7-24(16-19)29-23-14-10-21(26)11-15-23/h5-16H,4,17-18H2,1-3H3. The Morgan fingerprint density at radius 3 is 2.21 bits per heavy atom. The lowest BCUT2D eigenvalue weighted by Crippen LogP contribution is -2.27. The van der Waals surface area contributed by atoms with E-state index in [0.717, 1.165) is 17.7 Å². The van der Waals surface area contributed by atoms with E-state index < -0.39 is 0 Å². The van der Waals surface area contributed by atoms with E-state index in [9.17, 15) is 4.39 Å². The molecule has 0 saturated carbocycles. The Morgan fingerprint density at radius 1 is 0.862 bits per heavy atom. The number of hydrogen-bond donors (Lipinski definition) is 0. The molecule has 3 nitrogen and oxygen atoms in total. The number of ether oxygens (including phenoxy) is 3. The minimum Gasteiger partial charge on any atom is -0.497 e. The van der Waals surface area contributed by atoms with Crippen molar-refractivity contribution in [3.05, 3.63) is 89.7 Å². The lowest BCUT2D eigenvalue weighted by molar-refractivity contribution is 0.0747. The van der Waals surface area contributed by atoms with Crippen LogP contribution in [0, 0.1) is 5.82 Å². The summed E-state index contributed by atoms with van der Waals surface area (Å²) in [6, 6.07) is 21.9. The fraction of sp³-hybridized carbons (Fsp3) is 0.280. The molecule has 1 atom stereocenters. The van der Waals surface area contributed by atoms with E-state index in [1.54, 1.807) is 19.2 Å². The van der Waals surface area contributed by atoms with E-state index in [2.05, 4.69) is 26.0 Å². The second kappa shape index (κ2) is 9.57. The summed E-state index contributed by atoms with van der Waals surface area (Å²) < 4.78 is 30.2. The van der Waals surface area contributed by atoms with Crippen LogP contribution in [0.1, 0.15) is 31.4 Å². The molecule has 0 heterocycles. The number of benzene rings is 3. The van der Waals surface area contributed by atoms with Crippen LogP contribution in [0.5, 0.6) is 17.2 Å². The van der Waals surface area contributed by atoms with Crippen molar-refractivity contribution < 1.29 is 18.6 Å². The van der Waals surface area contributed by atoms with Crippen LogP contribution < -0.4 is 9.47 Å². The van der Waals surface area contributed by atoms with Crippen LogP contribution in [-0.4, -0.2) is 13.7 Å². The highest BCUT2D eigenvalue weighted by molar-refractivity contribution is 5.34. The quantitative estimate of drug-likeness (QED) is 0.414. The van der Waals surface area contributed by atoms with Crippen LogP contribution in [0.4, 0.5) is 4.39 Å². The predicted octanol–water partition coefficient (Wildman–Crippen LogP) is 6.51. The zero-order chi connectivity index (χ0) is 20.7. The van der Waals surface area contributed by atoms with Gasteiger partial charge < -0.3 is 14.2 Å². The van der Waals surface area contributed by atoms with Crippen LogP contribution in [-0.2, 0) is 16.8 Å². The van der Waals surface area contributed by atoms with Gasteiger partial charge in [0.15, 0.2) is 0 Å². The molecule has 0 saturated heterocycles. The molecule has 0 aliphatic heterocycles. The minimum atomic E-state index is -0.282. The van der Waals surface area contributed by atoms with Gasteiger partial charge in [-0.1, -0.05) is 38.1 Å². The molecule has 3 aromatic rings. The van der Waals surface area contributed by atoms with Crippen molar-refractivity contribution in [2.75, 3.05) is 13.7 Å². The van der Waals surface area contributed by atoms with Gasteiger partial charge in [-0.2, -0.15) is 0 Å². The summed E-state index contributed by atoms with van der Waals surface area (Å²) in [6.07, 6.45) is 0.965. The van der Waals surface area contributed by atoms with Gasteiger partial charge in [-0.15, -0.1) is 0 Å². The summed E-state index contributed by atoms with van der Waals surface area (Å²) in [7, 11) is 1.67. The van der Waals surface area contributed by atoms with Crippen LogP contribution >= 0.6 is 0 Å². The fourth-order valence-electron chi connectivity index (χ4n) is 3.11. The molecule has 0 radical (unpaired) electrons. The molecule has 0 aliphatic carbocycles. The van der Waals surface area contributed by atoms with Crippen molar-refractivity contribution in [1.29, 1.82) is 0 Å². The van der Waals surface area contributed by atoms with E-state index in [4.69, 9.17) is 14.2 Å². The SMILES string of the molecule is CCC(C)(COCc1cccc(Oc2ccc(F)cc2)c1)c1ccc(OC)cc1. The summed E-state index contributed by atoms with van der Waals surface area (Å²) >= 11 is 0. The summed E-state index contributed by atoms with van der Waals surface area (Å²) in [5.74, 6) is 1.87. The molecule has 0 bridgehead atoms. The number of methoxy groups -OCH3 is 1. The van der Waals surface area contributed by atoms with E-state index >= 15 is 0 Å². The smallest absolute Gasteiger partial charge is 0.127 e. The molecule has 0 N–H and O–H groups in total. The van der Waals surface area contributed by atoms with Crippen LogP contribution in [0.25, 0.3) is 0 Å². The molecule has 1 unspecified atom stereocenters. The summed E-state index contributed by atoms with van der Waals surface area (Å²) in [5.41, 5.74) is 2.18. The Hall–Kier alpha value is -2.85. The number of hydrogen-bond acceptors (Lipinski definition) is 3. The van der Waals surface area contributed by atoms with Gasteiger partial charge in [0.1, 0.15) is 23.1 Å². The molecule has 152 valence electrons. The van der Waals surface area contributed by atoms with Crippen molar-refractivity contribution in [2.24, 2.45) is 0 Å². The summed E-state index contributed by atoms with van der Waals surface area (Å²) in [4.78, 5) is 0. The third kappa shape index (κ3) is 5.58. The first-order chi connectivity index (χ1) is 14.0. The highest BCUT2D eigenvalue weighted by Crippen LogP contribution is 2.30. The van der Waals surface area contributed by atoms with Gasteiger partial charge >= 0.3 is 0 Å². The Morgan fingerprint density at radius 2 is 1.55 bits per heavy atom. The summed E-state index contributed by atoms with van der Waals surface area (Å²) in [6.45, 7) is 5.48. The second-order valence-corrected chi connectivity index (χ2v) is 7.34. The van der Waals surface area contributed by atoms with Crippen LogP contribution in [0.2, 0.25) is 0 Å². The Bertz CT molecular complexity index is 906. The molecular weight excluding hydrogens is 367 g/mol. The number of halogens is 1. The maximum absolute atomic E-state index is 13.0.